The minimum atomic E-state index is -0.514. The third-order valence-corrected chi connectivity index (χ3v) is 5.86. The summed E-state index contributed by atoms with van der Waals surface area (Å²) in [7, 11) is 0. The highest BCUT2D eigenvalue weighted by Gasteiger charge is 2.18. The van der Waals surface area contributed by atoms with Crippen molar-refractivity contribution in [2.24, 2.45) is 0 Å². The minimum Gasteiger partial charge on any atom is -0.486 e. The van der Waals surface area contributed by atoms with Gasteiger partial charge in [-0.2, -0.15) is 0 Å². The molecule has 3 aromatic heterocycles. The van der Waals surface area contributed by atoms with Crippen molar-refractivity contribution < 1.29 is 14.3 Å². The van der Waals surface area contributed by atoms with Crippen LogP contribution < -0.4 is 10.3 Å². The van der Waals surface area contributed by atoms with Crippen LogP contribution in [0.1, 0.15) is 31.6 Å². The lowest BCUT2D eigenvalue weighted by Crippen LogP contribution is -2.17. The van der Waals surface area contributed by atoms with E-state index in [0.29, 0.717) is 37.7 Å². The van der Waals surface area contributed by atoms with E-state index in [4.69, 9.17) is 21.1 Å². The van der Waals surface area contributed by atoms with E-state index in [-0.39, 0.29) is 18.8 Å². The predicted molar refractivity (Wildman–Crippen MR) is 118 cm³/mol. The number of pyridine rings is 1. The Morgan fingerprint density at radius 2 is 1.90 bits per heavy atom. The summed E-state index contributed by atoms with van der Waals surface area (Å²) in [5, 5.41) is 1.28. The van der Waals surface area contributed by atoms with E-state index in [1.807, 2.05) is 13.0 Å². The number of fused-ring (bicyclic) bond motifs is 1. The maximum absolute atomic E-state index is 12.6. The van der Waals surface area contributed by atoms with Crippen LogP contribution in [0, 0.1) is 13.8 Å². The molecule has 0 saturated carbocycles. The number of halogens is 1. The molecule has 9 heteroatoms. The van der Waals surface area contributed by atoms with Gasteiger partial charge in [0, 0.05) is 17.3 Å². The van der Waals surface area contributed by atoms with Gasteiger partial charge in [0.05, 0.1) is 11.4 Å². The molecule has 31 heavy (non-hydrogen) atoms. The SMILES string of the molecule is Cc1nc(COc2ccc(Cl)cc2)sc1C(=O)OCc1cc(=O)n2cccc(C)c2n1. The molecule has 3 heterocycles. The van der Waals surface area contributed by atoms with Crippen LogP contribution in [0.25, 0.3) is 5.65 Å². The molecule has 0 aliphatic heterocycles. The number of carbonyl (C=O) groups excluding carboxylic acids is 1. The van der Waals surface area contributed by atoms with Crippen LogP contribution in [-0.4, -0.2) is 20.3 Å². The standard InChI is InChI=1S/C22H18ClN3O4S/c1-13-4-3-9-26-19(27)10-16(25-21(13)26)11-30-22(28)20-14(2)24-18(31-20)12-29-17-7-5-15(23)6-8-17/h3-10H,11-12H2,1-2H3. The van der Waals surface area contributed by atoms with Crippen molar-refractivity contribution >= 4 is 34.6 Å². The molecule has 0 fully saturated rings. The number of esters is 1. The van der Waals surface area contributed by atoms with Crippen molar-refractivity contribution in [3.8, 4) is 5.75 Å². The number of carbonyl (C=O) groups is 1. The van der Waals surface area contributed by atoms with Gasteiger partial charge in [0.15, 0.2) is 0 Å². The summed E-state index contributed by atoms with van der Waals surface area (Å²) < 4.78 is 12.5. The van der Waals surface area contributed by atoms with Crippen molar-refractivity contribution in [1.29, 1.82) is 0 Å². The Labute approximate surface area is 186 Å². The molecule has 0 saturated heterocycles. The Bertz CT molecular complexity index is 1310. The first-order valence-electron chi connectivity index (χ1n) is 9.40. The predicted octanol–water partition coefficient (Wildman–Crippen LogP) is 4.36. The monoisotopic (exact) mass is 455 g/mol. The summed E-state index contributed by atoms with van der Waals surface area (Å²) in [5.74, 6) is 0.143. The summed E-state index contributed by atoms with van der Waals surface area (Å²) in [6.45, 7) is 3.73. The zero-order valence-corrected chi connectivity index (χ0v) is 18.4. The molecular formula is C22H18ClN3O4S. The van der Waals surface area contributed by atoms with Crippen LogP contribution in [0.2, 0.25) is 5.02 Å². The van der Waals surface area contributed by atoms with E-state index in [2.05, 4.69) is 9.97 Å². The average Bonchev–Trinajstić information content (AvgIpc) is 3.13. The third kappa shape index (κ3) is 4.76. The topological polar surface area (TPSA) is 82.8 Å². The second-order valence-electron chi connectivity index (χ2n) is 6.81. The Morgan fingerprint density at radius 1 is 1.13 bits per heavy atom. The fourth-order valence-electron chi connectivity index (χ4n) is 2.97. The van der Waals surface area contributed by atoms with Gasteiger partial charge >= 0.3 is 5.97 Å². The zero-order valence-electron chi connectivity index (χ0n) is 16.8. The number of ether oxygens (including phenoxy) is 2. The van der Waals surface area contributed by atoms with Crippen molar-refractivity contribution in [3.63, 3.8) is 0 Å². The van der Waals surface area contributed by atoms with Gasteiger partial charge in [0.25, 0.3) is 5.56 Å². The minimum absolute atomic E-state index is 0.104. The highest BCUT2D eigenvalue weighted by molar-refractivity contribution is 7.13. The highest BCUT2D eigenvalue weighted by atomic mass is 35.5. The van der Waals surface area contributed by atoms with E-state index in [1.165, 1.54) is 21.8 Å². The quantitative estimate of drug-likeness (QED) is 0.402. The van der Waals surface area contributed by atoms with Gasteiger partial charge in [0.2, 0.25) is 0 Å². The summed E-state index contributed by atoms with van der Waals surface area (Å²) >= 11 is 7.08. The Hall–Kier alpha value is -3.23. The Kier molecular flexibility index (Phi) is 6.01. The van der Waals surface area contributed by atoms with Crippen LogP contribution in [0.5, 0.6) is 5.75 Å². The molecule has 158 valence electrons. The van der Waals surface area contributed by atoms with Gasteiger partial charge in [-0.05, 0) is 49.7 Å². The number of rotatable bonds is 6. The molecule has 0 aliphatic carbocycles. The molecule has 0 aliphatic rings. The third-order valence-electron chi connectivity index (χ3n) is 4.49. The summed E-state index contributed by atoms with van der Waals surface area (Å²) in [6, 6.07) is 12.0. The van der Waals surface area contributed by atoms with Crippen LogP contribution in [0.4, 0.5) is 0 Å². The van der Waals surface area contributed by atoms with Crippen molar-refractivity contribution in [2.45, 2.75) is 27.1 Å². The van der Waals surface area contributed by atoms with E-state index < -0.39 is 5.97 Å². The lowest BCUT2D eigenvalue weighted by molar-refractivity contribution is 0.0472. The van der Waals surface area contributed by atoms with E-state index >= 15 is 0 Å². The molecule has 0 atom stereocenters. The second-order valence-corrected chi connectivity index (χ2v) is 8.33. The van der Waals surface area contributed by atoms with Gasteiger partial charge in [-0.3, -0.25) is 9.20 Å². The number of nitrogens with zero attached hydrogens (tertiary/aromatic N) is 3. The number of hydrogen-bond donors (Lipinski definition) is 0. The molecule has 7 nitrogen and oxygen atoms in total. The molecular weight excluding hydrogens is 438 g/mol. The van der Waals surface area contributed by atoms with Crippen LogP contribution >= 0.6 is 22.9 Å². The van der Waals surface area contributed by atoms with E-state index in [0.717, 1.165) is 5.56 Å². The number of aryl methyl sites for hydroxylation is 2. The van der Waals surface area contributed by atoms with Gasteiger partial charge in [-0.15, -0.1) is 11.3 Å². The molecule has 0 N–H and O–H groups in total. The molecule has 4 rings (SSSR count). The molecule has 0 radical (unpaired) electrons. The van der Waals surface area contributed by atoms with Crippen molar-refractivity contribution in [2.75, 3.05) is 0 Å². The summed E-state index contributed by atoms with van der Waals surface area (Å²) in [4.78, 5) is 34.1. The maximum Gasteiger partial charge on any atom is 0.350 e. The molecule has 0 unspecified atom stereocenters. The van der Waals surface area contributed by atoms with Gasteiger partial charge in [-0.1, -0.05) is 17.7 Å². The maximum atomic E-state index is 12.6. The first-order chi connectivity index (χ1) is 14.9. The number of benzene rings is 1. The number of hydrogen-bond acceptors (Lipinski definition) is 7. The first kappa shape index (κ1) is 21.0. The van der Waals surface area contributed by atoms with Crippen LogP contribution in [-0.2, 0) is 18.0 Å². The highest BCUT2D eigenvalue weighted by Crippen LogP contribution is 2.22. The largest absolute Gasteiger partial charge is 0.486 e. The summed E-state index contributed by atoms with van der Waals surface area (Å²) in [6.07, 6.45) is 1.65. The van der Waals surface area contributed by atoms with E-state index in [1.54, 1.807) is 43.5 Å². The fraction of sp³-hybridized carbons (Fsp3) is 0.182. The molecule has 1 aromatic carbocycles. The normalized spacial score (nSPS) is 10.9. The van der Waals surface area contributed by atoms with Gasteiger partial charge in [-0.25, -0.2) is 14.8 Å². The van der Waals surface area contributed by atoms with Gasteiger partial charge in [0.1, 0.15) is 34.5 Å². The van der Waals surface area contributed by atoms with E-state index in [9.17, 15) is 9.59 Å². The lowest BCUT2D eigenvalue weighted by atomic mass is 10.3. The smallest absolute Gasteiger partial charge is 0.350 e. The van der Waals surface area contributed by atoms with Crippen molar-refractivity contribution in [3.05, 3.63) is 90.9 Å². The fourth-order valence-corrected chi connectivity index (χ4v) is 3.96. The molecule has 0 amide bonds. The second kappa shape index (κ2) is 8.87. The Morgan fingerprint density at radius 3 is 2.68 bits per heavy atom. The average molecular weight is 456 g/mol. The van der Waals surface area contributed by atoms with Crippen LogP contribution in [0.15, 0.2) is 53.5 Å². The number of thiazole rings is 1. The molecule has 4 aromatic rings. The zero-order chi connectivity index (χ0) is 22.0. The molecule has 0 bridgehead atoms. The number of aromatic nitrogens is 3. The lowest BCUT2D eigenvalue weighted by Gasteiger charge is -2.07. The van der Waals surface area contributed by atoms with Crippen LogP contribution in [0.3, 0.4) is 0 Å². The van der Waals surface area contributed by atoms with Crippen molar-refractivity contribution in [1.82, 2.24) is 14.4 Å². The summed E-state index contributed by atoms with van der Waals surface area (Å²) in [5.41, 5.74) is 2.12. The molecule has 0 spiro atoms. The van der Waals surface area contributed by atoms with Gasteiger partial charge < -0.3 is 9.47 Å². The Balaban J connectivity index is 1.43. The first-order valence-corrected chi connectivity index (χ1v) is 10.6.